The Morgan fingerprint density at radius 1 is 1.28 bits per heavy atom. The fourth-order valence-electron chi connectivity index (χ4n) is 3.37. The van der Waals surface area contributed by atoms with Crippen LogP contribution in [0.5, 0.6) is 0 Å². The first-order chi connectivity index (χ1) is 12.1. The highest BCUT2D eigenvalue weighted by molar-refractivity contribution is 5.87. The molecular formula is C19H23N3O3. The summed E-state index contributed by atoms with van der Waals surface area (Å²) >= 11 is 0. The zero-order valence-electron chi connectivity index (χ0n) is 14.2. The average molecular weight is 341 g/mol. The number of aromatic nitrogens is 2. The van der Waals surface area contributed by atoms with Crippen molar-refractivity contribution in [1.29, 1.82) is 0 Å². The molecule has 3 rings (SSSR count). The van der Waals surface area contributed by atoms with Gasteiger partial charge in [0.1, 0.15) is 0 Å². The number of nitrogens with zero attached hydrogens (tertiary/aromatic N) is 3. The fraction of sp³-hybridized carbons (Fsp3) is 0.421. The topological polar surface area (TPSA) is 75.4 Å². The van der Waals surface area contributed by atoms with Crippen LogP contribution in [-0.2, 0) is 17.8 Å². The van der Waals surface area contributed by atoms with Gasteiger partial charge in [-0.3, -0.25) is 9.48 Å². The molecule has 6 nitrogen and oxygen atoms in total. The zero-order valence-corrected chi connectivity index (χ0v) is 14.2. The highest BCUT2D eigenvalue weighted by Gasteiger charge is 2.26. The number of amides is 1. The van der Waals surface area contributed by atoms with Gasteiger partial charge in [-0.25, -0.2) is 4.79 Å². The van der Waals surface area contributed by atoms with Gasteiger partial charge in [0.15, 0.2) is 0 Å². The third-order valence-electron chi connectivity index (χ3n) is 4.67. The van der Waals surface area contributed by atoms with Crippen molar-refractivity contribution in [2.75, 3.05) is 13.1 Å². The monoisotopic (exact) mass is 341 g/mol. The van der Waals surface area contributed by atoms with E-state index in [0.29, 0.717) is 17.9 Å². The van der Waals surface area contributed by atoms with Gasteiger partial charge < -0.3 is 10.0 Å². The van der Waals surface area contributed by atoms with Crippen LogP contribution in [0, 0.1) is 5.92 Å². The Kier molecular flexibility index (Phi) is 5.48. The predicted molar refractivity (Wildman–Crippen MR) is 93.3 cm³/mol. The van der Waals surface area contributed by atoms with Crippen LogP contribution >= 0.6 is 0 Å². The molecule has 1 aromatic heterocycles. The van der Waals surface area contributed by atoms with Crippen LogP contribution in [0.1, 0.15) is 35.2 Å². The van der Waals surface area contributed by atoms with E-state index in [9.17, 15) is 9.59 Å². The van der Waals surface area contributed by atoms with Crippen molar-refractivity contribution in [3.8, 4) is 0 Å². The van der Waals surface area contributed by atoms with Gasteiger partial charge in [0.25, 0.3) is 0 Å². The molecule has 1 aliphatic heterocycles. The summed E-state index contributed by atoms with van der Waals surface area (Å²) in [6.45, 7) is 2.32. The van der Waals surface area contributed by atoms with E-state index in [-0.39, 0.29) is 5.91 Å². The third-order valence-corrected chi connectivity index (χ3v) is 4.67. The Labute approximate surface area is 147 Å². The maximum Gasteiger partial charge on any atom is 0.335 e. The van der Waals surface area contributed by atoms with Gasteiger partial charge in [-0.2, -0.15) is 5.10 Å². The van der Waals surface area contributed by atoms with Crippen LogP contribution in [0.2, 0.25) is 0 Å². The largest absolute Gasteiger partial charge is 0.478 e. The van der Waals surface area contributed by atoms with E-state index in [2.05, 4.69) is 5.10 Å². The zero-order chi connectivity index (χ0) is 17.6. The van der Waals surface area contributed by atoms with Crippen molar-refractivity contribution in [2.45, 2.75) is 32.2 Å². The second kappa shape index (κ2) is 7.96. The van der Waals surface area contributed by atoms with Crippen molar-refractivity contribution < 1.29 is 14.7 Å². The number of likely N-dealkylation sites (tertiary alicyclic amines) is 1. The molecule has 0 saturated carbocycles. The van der Waals surface area contributed by atoms with Crippen LogP contribution in [0.25, 0.3) is 0 Å². The normalized spacial score (nSPS) is 17.0. The predicted octanol–water partition coefficient (Wildman–Crippen LogP) is 2.45. The Balaban J connectivity index is 1.45. The molecule has 1 saturated heterocycles. The van der Waals surface area contributed by atoms with Crippen LogP contribution < -0.4 is 0 Å². The summed E-state index contributed by atoms with van der Waals surface area (Å²) in [6.07, 6.45) is 6.78. The second-order valence-corrected chi connectivity index (χ2v) is 6.58. The number of carbonyl (C=O) groups is 2. The van der Waals surface area contributed by atoms with E-state index < -0.39 is 5.97 Å². The van der Waals surface area contributed by atoms with Crippen LogP contribution in [0.3, 0.4) is 0 Å². The van der Waals surface area contributed by atoms with Crippen molar-refractivity contribution in [1.82, 2.24) is 14.7 Å². The average Bonchev–Trinajstić information content (AvgIpc) is 3.27. The molecule has 1 amide bonds. The lowest BCUT2D eigenvalue weighted by Crippen LogP contribution is -2.29. The first kappa shape index (κ1) is 17.2. The SMILES string of the molecule is O=C(O)c1cccc(C[C@H]2CCN(C(=O)CCCn3cccn3)C2)c1. The smallest absolute Gasteiger partial charge is 0.335 e. The second-order valence-electron chi connectivity index (χ2n) is 6.58. The molecule has 2 aromatic rings. The van der Waals surface area contributed by atoms with E-state index in [1.807, 2.05) is 27.9 Å². The van der Waals surface area contributed by atoms with Gasteiger partial charge in [0.05, 0.1) is 5.56 Å². The minimum atomic E-state index is -0.901. The van der Waals surface area contributed by atoms with Gasteiger partial charge in [-0.1, -0.05) is 12.1 Å². The molecule has 6 heteroatoms. The van der Waals surface area contributed by atoms with E-state index in [4.69, 9.17) is 5.11 Å². The molecule has 0 unspecified atom stereocenters. The molecule has 0 aliphatic carbocycles. The molecule has 2 heterocycles. The number of carboxylic acid groups (broad SMARTS) is 1. The lowest BCUT2D eigenvalue weighted by Gasteiger charge is -2.17. The van der Waals surface area contributed by atoms with E-state index in [0.717, 1.165) is 44.5 Å². The fourth-order valence-corrected chi connectivity index (χ4v) is 3.37. The summed E-state index contributed by atoms with van der Waals surface area (Å²) in [5.41, 5.74) is 1.35. The van der Waals surface area contributed by atoms with E-state index in [1.54, 1.807) is 24.4 Å². The summed E-state index contributed by atoms with van der Waals surface area (Å²) < 4.78 is 1.84. The molecule has 1 atom stereocenters. The third kappa shape index (κ3) is 4.68. The van der Waals surface area contributed by atoms with Crippen LogP contribution in [0.15, 0.2) is 42.7 Å². The van der Waals surface area contributed by atoms with Crippen molar-refractivity contribution in [3.05, 3.63) is 53.9 Å². The van der Waals surface area contributed by atoms with Crippen molar-refractivity contribution in [2.24, 2.45) is 5.92 Å². The molecule has 1 aromatic carbocycles. The summed E-state index contributed by atoms with van der Waals surface area (Å²) in [7, 11) is 0. The number of carbonyl (C=O) groups excluding carboxylic acids is 1. The molecular weight excluding hydrogens is 318 g/mol. The Morgan fingerprint density at radius 3 is 2.92 bits per heavy atom. The number of carboxylic acids is 1. The highest BCUT2D eigenvalue weighted by atomic mass is 16.4. The van der Waals surface area contributed by atoms with E-state index >= 15 is 0 Å². The number of rotatable bonds is 7. The quantitative estimate of drug-likeness (QED) is 0.839. The number of aromatic carboxylic acids is 1. The van der Waals surface area contributed by atoms with Crippen LogP contribution in [-0.4, -0.2) is 44.8 Å². The summed E-state index contributed by atoms with van der Waals surface area (Å²) in [5, 5.41) is 13.2. The Bertz CT molecular complexity index is 727. The lowest BCUT2D eigenvalue weighted by atomic mass is 9.97. The standard InChI is InChI=1S/C19H23N3O3/c23-18(6-2-9-22-10-3-8-20-22)21-11-7-16(14-21)12-15-4-1-5-17(13-15)19(24)25/h1,3-5,8,10,13,16H,2,6-7,9,11-12,14H2,(H,24,25)/t16-/m1/s1. The highest BCUT2D eigenvalue weighted by Crippen LogP contribution is 2.22. The molecule has 25 heavy (non-hydrogen) atoms. The maximum absolute atomic E-state index is 12.3. The molecule has 1 N–H and O–H groups in total. The Morgan fingerprint density at radius 2 is 2.16 bits per heavy atom. The minimum absolute atomic E-state index is 0.203. The van der Waals surface area contributed by atoms with Gasteiger partial charge in [0, 0.05) is 38.4 Å². The summed E-state index contributed by atoms with van der Waals surface area (Å²) in [6, 6.07) is 8.96. The molecule has 132 valence electrons. The van der Waals surface area contributed by atoms with Gasteiger partial charge >= 0.3 is 5.97 Å². The molecule has 0 bridgehead atoms. The molecule has 1 aliphatic rings. The van der Waals surface area contributed by atoms with Gasteiger partial charge in [-0.05, 0) is 48.9 Å². The summed E-state index contributed by atoms with van der Waals surface area (Å²) in [5.74, 6) is -0.296. The number of benzene rings is 1. The van der Waals surface area contributed by atoms with Crippen LogP contribution in [0.4, 0.5) is 0 Å². The lowest BCUT2D eigenvalue weighted by molar-refractivity contribution is -0.130. The summed E-state index contributed by atoms with van der Waals surface area (Å²) in [4.78, 5) is 25.3. The number of hydrogen-bond donors (Lipinski definition) is 1. The molecule has 0 radical (unpaired) electrons. The van der Waals surface area contributed by atoms with Crippen molar-refractivity contribution >= 4 is 11.9 Å². The first-order valence-corrected chi connectivity index (χ1v) is 8.69. The van der Waals surface area contributed by atoms with Crippen molar-refractivity contribution in [3.63, 3.8) is 0 Å². The molecule has 0 spiro atoms. The molecule has 1 fully saturated rings. The maximum atomic E-state index is 12.3. The van der Waals surface area contributed by atoms with Gasteiger partial charge in [-0.15, -0.1) is 0 Å². The Hall–Kier alpha value is -2.63. The van der Waals surface area contributed by atoms with Gasteiger partial charge in [0.2, 0.25) is 5.91 Å². The van der Waals surface area contributed by atoms with E-state index in [1.165, 1.54) is 0 Å². The number of hydrogen-bond acceptors (Lipinski definition) is 3. The minimum Gasteiger partial charge on any atom is -0.478 e. The first-order valence-electron chi connectivity index (χ1n) is 8.69. The number of aryl methyl sites for hydroxylation is 1.